The zero-order chi connectivity index (χ0) is 12.3. The molecule has 2 heterocycles. The topological polar surface area (TPSA) is 30.5 Å². The fraction of sp³-hybridized carbons (Fsp3) is 1.00. The summed E-state index contributed by atoms with van der Waals surface area (Å²) in [6.45, 7) is 9.61. The van der Waals surface area contributed by atoms with Crippen LogP contribution in [0.4, 0.5) is 0 Å². The van der Waals surface area contributed by atoms with Gasteiger partial charge in [0, 0.05) is 18.6 Å². The molecule has 0 aromatic carbocycles. The van der Waals surface area contributed by atoms with Gasteiger partial charge in [0.1, 0.15) is 0 Å². The third-order valence-electron chi connectivity index (χ3n) is 4.74. The summed E-state index contributed by atoms with van der Waals surface area (Å²) in [5.41, 5.74) is 0.418. The summed E-state index contributed by atoms with van der Waals surface area (Å²) in [6.07, 6.45) is 2.44. The molecular formula is C14H27NO2. The van der Waals surface area contributed by atoms with Gasteiger partial charge in [-0.3, -0.25) is 0 Å². The lowest BCUT2D eigenvalue weighted by molar-refractivity contribution is -0.199. The Morgan fingerprint density at radius 1 is 1.18 bits per heavy atom. The van der Waals surface area contributed by atoms with Crippen molar-refractivity contribution >= 4 is 0 Å². The summed E-state index contributed by atoms with van der Waals surface area (Å²) >= 11 is 0. The normalized spacial score (nSPS) is 26.8. The van der Waals surface area contributed by atoms with E-state index in [-0.39, 0.29) is 0 Å². The molecule has 1 unspecified atom stereocenters. The molecule has 2 fully saturated rings. The molecular weight excluding hydrogens is 214 g/mol. The standard InChI is InChI=1S/C14H27NO2/c1-11(2)13(8-15-3)14(9-17-10-14)12-4-6-16-7-5-12/h11-13,15H,4-10H2,1-3H3. The number of rotatable bonds is 5. The number of ether oxygens (including phenoxy) is 2. The molecule has 0 aromatic heterocycles. The van der Waals surface area contributed by atoms with E-state index in [1.54, 1.807) is 0 Å². The first kappa shape index (κ1) is 13.3. The monoisotopic (exact) mass is 241 g/mol. The van der Waals surface area contributed by atoms with Gasteiger partial charge >= 0.3 is 0 Å². The average molecular weight is 241 g/mol. The van der Waals surface area contributed by atoms with Crippen molar-refractivity contribution in [3.63, 3.8) is 0 Å². The minimum atomic E-state index is 0.418. The van der Waals surface area contributed by atoms with Crippen LogP contribution in [0.25, 0.3) is 0 Å². The maximum atomic E-state index is 5.60. The molecule has 100 valence electrons. The first-order valence-corrected chi connectivity index (χ1v) is 7.01. The van der Waals surface area contributed by atoms with E-state index in [2.05, 4.69) is 26.2 Å². The molecule has 1 N–H and O–H groups in total. The van der Waals surface area contributed by atoms with Crippen LogP contribution in [0.2, 0.25) is 0 Å². The van der Waals surface area contributed by atoms with Gasteiger partial charge in [0.2, 0.25) is 0 Å². The summed E-state index contributed by atoms with van der Waals surface area (Å²) < 4.78 is 11.1. The summed E-state index contributed by atoms with van der Waals surface area (Å²) in [4.78, 5) is 0. The Bertz CT molecular complexity index is 232. The lowest BCUT2D eigenvalue weighted by atomic mass is 9.59. The Morgan fingerprint density at radius 2 is 1.82 bits per heavy atom. The van der Waals surface area contributed by atoms with Gasteiger partial charge < -0.3 is 14.8 Å². The van der Waals surface area contributed by atoms with Crippen molar-refractivity contribution in [2.24, 2.45) is 23.2 Å². The SMILES string of the molecule is CNCC(C(C)C)C1(C2CCOCC2)COC1. The van der Waals surface area contributed by atoms with Crippen LogP contribution in [0.3, 0.4) is 0 Å². The van der Waals surface area contributed by atoms with Crippen LogP contribution in [0.15, 0.2) is 0 Å². The summed E-state index contributed by atoms with van der Waals surface area (Å²) in [5.74, 6) is 2.24. The lowest BCUT2D eigenvalue weighted by Crippen LogP contribution is -2.58. The van der Waals surface area contributed by atoms with Crippen molar-refractivity contribution in [1.82, 2.24) is 5.32 Å². The van der Waals surface area contributed by atoms with E-state index in [1.165, 1.54) is 12.8 Å². The van der Waals surface area contributed by atoms with Gasteiger partial charge in [0.05, 0.1) is 13.2 Å². The molecule has 2 rings (SSSR count). The van der Waals surface area contributed by atoms with Crippen LogP contribution in [-0.4, -0.2) is 40.0 Å². The molecule has 0 saturated carbocycles. The van der Waals surface area contributed by atoms with E-state index in [9.17, 15) is 0 Å². The Kier molecular flexibility index (Phi) is 4.45. The number of nitrogens with one attached hydrogen (secondary N) is 1. The predicted octanol–water partition coefficient (Wildman–Crippen LogP) is 1.92. The fourth-order valence-corrected chi connectivity index (χ4v) is 3.69. The zero-order valence-electron chi connectivity index (χ0n) is 11.5. The molecule has 1 atom stereocenters. The minimum Gasteiger partial charge on any atom is -0.381 e. The van der Waals surface area contributed by atoms with E-state index in [1.807, 2.05) is 0 Å². The average Bonchev–Trinajstić information content (AvgIpc) is 2.28. The highest BCUT2D eigenvalue weighted by atomic mass is 16.5. The largest absolute Gasteiger partial charge is 0.381 e. The maximum Gasteiger partial charge on any atom is 0.0550 e. The number of hydrogen-bond donors (Lipinski definition) is 1. The fourth-order valence-electron chi connectivity index (χ4n) is 3.69. The second kappa shape index (κ2) is 5.68. The van der Waals surface area contributed by atoms with Crippen molar-refractivity contribution in [1.29, 1.82) is 0 Å². The Balaban J connectivity index is 2.10. The molecule has 3 nitrogen and oxygen atoms in total. The molecule has 0 aliphatic carbocycles. The van der Waals surface area contributed by atoms with Crippen molar-refractivity contribution < 1.29 is 9.47 Å². The van der Waals surface area contributed by atoms with Gasteiger partial charge in [-0.1, -0.05) is 13.8 Å². The van der Waals surface area contributed by atoms with Gasteiger partial charge in [-0.2, -0.15) is 0 Å². The molecule has 0 spiro atoms. The van der Waals surface area contributed by atoms with Crippen LogP contribution >= 0.6 is 0 Å². The second-order valence-corrected chi connectivity index (χ2v) is 6.02. The maximum absolute atomic E-state index is 5.60. The van der Waals surface area contributed by atoms with Crippen LogP contribution in [0.1, 0.15) is 26.7 Å². The molecule has 0 amide bonds. The summed E-state index contributed by atoms with van der Waals surface area (Å²) in [7, 11) is 2.06. The Hall–Kier alpha value is -0.120. The second-order valence-electron chi connectivity index (χ2n) is 6.02. The Morgan fingerprint density at radius 3 is 2.24 bits per heavy atom. The molecule has 0 aromatic rings. The highest BCUT2D eigenvalue weighted by Gasteiger charge is 2.51. The summed E-state index contributed by atoms with van der Waals surface area (Å²) in [6, 6.07) is 0. The van der Waals surface area contributed by atoms with E-state index >= 15 is 0 Å². The lowest BCUT2D eigenvalue weighted by Gasteiger charge is -2.54. The molecule has 2 aliphatic rings. The molecule has 2 aliphatic heterocycles. The van der Waals surface area contributed by atoms with Gasteiger partial charge in [0.25, 0.3) is 0 Å². The first-order chi connectivity index (χ1) is 8.20. The highest BCUT2D eigenvalue weighted by molar-refractivity contribution is 4.99. The smallest absolute Gasteiger partial charge is 0.0550 e. The van der Waals surface area contributed by atoms with Crippen LogP contribution < -0.4 is 5.32 Å². The van der Waals surface area contributed by atoms with E-state index in [0.717, 1.165) is 44.8 Å². The quantitative estimate of drug-likeness (QED) is 0.797. The third kappa shape index (κ3) is 2.51. The van der Waals surface area contributed by atoms with Crippen molar-refractivity contribution in [2.75, 3.05) is 40.0 Å². The summed E-state index contributed by atoms with van der Waals surface area (Å²) in [5, 5.41) is 3.38. The van der Waals surface area contributed by atoms with Gasteiger partial charge in [0.15, 0.2) is 0 Å². The van der Waals surface area contributed by atoms with Gasteiger partial charge in [-0.15, -0.1) is 0 Å². The van der Waals surface area contributed by atoms with Crippen molar-refractivity contribution in [3.8, 4) is 0 Å². The van der Waals surface area contributed by atoms with E-state index in [0.29, 0.717) is 11.3 Å². The van der Waals surface area contributed by atoms with Gasteiger partial charge in [-0.05, 0) is 44.2 Å². The molecule has 3 heteroatoms. The molecule has 2 saturated heterocycles. The zero-order valence-corrected chi connectivity index (χ0v) is 11.5. The molecule has 0 bridgehead atoms. The highest BCUT2D eigenvalue weighted by Crippen LogP contribution is 2.49. The van der Waals surface area contributed by atoms with E-state index < -0.39 is 0 Å². The minimum absolute atomic E-state index is 0.418. The van der Waals surface area contributed by atoms with E-state index in [4.69, 9.17) is 9.47 Å². The van der Waals surface area contributed by atoms with Crippen LogP contribution in [-0.2, 0) is 9.47 Å². The third-order valence-corrected chi connectivity index (χ3v) is 4.74. The molecule has 0 radical (unpaired) electrons. The van der Waals surface area contributed by atoms with Crippen molar-refractivity contribution in [3.05, 3.63) is 0 Å². The molecule has 17 heavy (non-hydrogen) atoms. The Labute approximate surface area is 105 Å². The van der Waals surface area contributed by atoms with Crippen LogP contribution in [0.5, 0.6) is 0 Å². The predicted molar refractivity (Wildman–Crippen MR) is 69.0 cm³/mol. The van der Waals surface area contributed by atoms with Crippen molar-refractivity contribution in [2.45, 2.75) is 26.7 Å². The first-order valence-electron chi connectivity index (χ1n) is 7.01. The van der Waals surface area contributed by atoms with Crippen LogP contribution in [0, 0.1) is 23.2 Å². The van der Waals surface area contributed by atoms with Gasteiger partial charge in [-0.25, -0.2) is 0 Å². The number of hydrogen-bond acceptors (Lipinski definition) is 3.